The number of aromatic nitrogens is 4. The zero-order valence-electron chi connectivity index (χ0n) is 18.5. The number of halogens is 2. The monoisotopic (exact) mass is 495 g/mol. The molecule has 0 atom stereocenters. The van der Waals surface area contributed by atoms with Crippen molar-refractivity contribution in [2.24, 2.45) is 7.05 Å². The lowest BCUT2D eigenvalue weighted by molar-refractivity contribution is 0.243. The summed E-state index contributed by atoms with van der Waals surface area (Å²) in [6.07, 6.45) is 6.28. The van der Waals surface area contributed by atoms with E-state index in [9.17, 15) is 12.8 Å². The van der Waals surface area contributed by atoms with Crippen LogP contribution in [0.5, 0.6) is 0 Å². The number of benzene rings is 1. The summed E-state index contributed by atoms with van der Waals surface area (Å²) in [7, 11) is -0.274. The average Bonchev–Trinajstić information content (AvgIpc) is 3.25. The molecular weight excluding hydrogens is 469 g/mol. The van der Waals surface area contributed by atoms with E-state index in [1.807, 2.05) is 0 Å². The third kappa shape index (κ3) is 5.67. The quantitative estimate of drug-likeness (QED) is 0.494. The zero-order chi connectivity index (χ0) is 22.7. The van der Waals surface area contributed by atoms with Gasteiger partial charge < -0.3 is 9.47 Å². The lowest BCUT2D eigenvalue weighted by Crippen LogP contribution is -2.49. The number of hydrogen-bond donors (Lipinski definition) is 0. The van der Waals surface area contributed by atoms with Crippen molar-refractivity contribution in [3.8, 4) is 11.3 Å². The van der Waals surface area contributed by atoms with Crippen LogP contribution in [0.15, 0.2) is 54.2 Å². The summed E-state index contributed by atoms with van der Waals surface area (Å²) >= 11 is 0. The Morgan fingerprint density at radius 1 is 1.03 bits per heavy atom. The average molecular weight is 496 g/mol. The predicted molar refractivity (Wildman–Crippen MR) is 126 cm³/mol. The highest BCUT2D eigenvalue weighted by Crippen LogP contribution is 2.27. The first-order chi connectivity index (χ1) is 15.3. The molecule has 0 bridgehead atoms. The zero-order valence-corrected chi connectivity index (χ0v) is 20.1. The number of hydrogen-bond acceptors (Lipinski definition) is 7. The normalized spacial score (nSPS) is 15.0. The summed E-state index contributed by atoms with van der Waals surface area (Å²) < 4.78 is 41.5. The van der Waals surface area contributed by atoms with Crippen LogP contribution in [0.4, 0.5) is 10.2 Å². The molecule has 1 fully saturated rings. The number of piperazine rings is 1. The van der Waals surface area contributed by atoms with Gasteiger partial charge in [-0.25, -0.2) is 22.8 Å². The molecule has 1 aliphatic heterocycles. The smallest absolute Gasteiger partial charge is 0.261 e. The van der Waals surface area contributed by atoms with Crippen molar-refractivity contribution in [3.05, 3.63) is 55.0 Å². The van der Waals surface area contributed by atoms with E-state index in [0.29, 0.717) is 13.1 Å². The van der Waals surface area contributed by atoms with Crippen LogP contribution in [-0.4, -0.2) is 83.5 Å². The molecule has 1 aliphatic rings. The van der Waals surface area contributed by atoms with Crippen LogP contribution >= 0.6 is 12.4 Å². The van der Waals surface area contributed by atoms with Gasteiger partial charge in [-0.2, -0.15) is 4.31 Å². The van der Waals surface area contributed by atoms with Crippen molar-refractivity contribution in [1.29, 1.82) is 0 Å². The van der Waals surface area contributed by atoms with E-state index >= 15 is 0 Å². The van der Waals surface area contributed by atoms with Crippen molar-refractivity contribution < 1.29 is 12.8 Å². The van der Waals surface area contributed by atoms with Gasteiger partial charge >= 0.3 is 0 Å². The van der Waals surface area contributed by atoms with Crippen LogP contribution in [-0.2, 0) is 17.1 Å². The minimum Gasteiger partial charge on any atom is -0.352 e. The van der Waals surface area contributed by atoms with Gasteiger partial charge in [0.1, 0.15) is 11.5 Å². The SMILES string of the molecule is CN(CCN1CCN(c2nccnc2-c2ccc(F)cc2)CC1)S(=O)(=O)c1cn(C)cn1.Cl. The van der Waals surface area contributed by atoms with Gasteiger partial charge in [0.15, 0.2) is 10.8 Å². The molecule has 9 nitrogen and oxygen atoms in total. The minimum absolute atomic E-state index is 0. The van der Waals surface area contributed by atoms with E-state index in [4.69, 9.17) is 0 Å². The fraction of sp³-hybridized carbons (Fsp3) is 0.381. The Hall–Kier alpha value is -2.60. The predicted octanol–water partition coefficient (Wildman–Crippen LogP) is 1.88. The standard InChI is InChI=1S/C21H26FN7O2S.ClH/c1-26-15-19(25-16-26)32(30,31)27(2)9-10-28-11-13-29(14-12-28)21-20(23-7-8-24-21)17-3-5-18(22)6-4-17;/h3-8,15-16H,9-14H2,1-2H3;1H. The Bertz CT molecular complexity index is 1170. The molecule has 0 amide bonds. The molecule has 3 aromatic rings. The molecular formula is C21H27ClFN7O2S. The highest BCUT2D eigenvalue weighted by molar-refractivity contribution is 7.89. The molecule has 0 unspecified atom stereocenters. The second-order valence-electron chi connectivity index (χ2n) is 7.77. The number of imidazole rings is 1. The Morgan fingerprint density at radius 2 is 1.70 bits per heavy atom. The van der Waals surface area contributed by atoms with Gasteiger partial charge in [0.25, 0.3) is 10.0 Å². The van der Waals surface area contributed by atoms with E-state index in [0.717, 1.165) is 43.3 Å². The number of likely N-dealkylation sites (N-methyl/N-ethyl adjacent to an activating group) is 1. The molecule has 0 spiro atoms. The van der Waals surface area contributed by atoms with Crippen LogP contribution in [0.25, 0.3) is 11.3 Å². The molecule has 1 saturated heterocycles. The van der Waals surface area contributed by atoms with Gasteiger partial charge in [-0.1, -0.05) is 0 Å². The molecule has 0 saturated carbocycles. The Kier molecular flexibility index (Phi) is 8.01. The van der Waals surface area contributed by atoms with Gasteiger partial charge in [0.05, 0.1) is 6.33 Å². The second-order valence-corrected chi connectivity index (χ2v) is 9.76. The van der Waals surface area contributed by atoms with Gasteiger partial charge in [-0.3, -0.25) is 9.88 Å². The first-order valence-corrected chi connectivity index (χ1v) is 11.8. The fourth-order valence-electron chi connectivity index (χ4n) is 3.64. The maximum absolute atomic E-state index is 13.3. The van der Waals surface area contributed by atoms with Crippen LogP contribution < -0.4 is 4.90 Å². The molecule has 12 heteroatoms. The van der Waals surface area contributed by atoms with Crippen LogP contribution in [0.1, 0.15) is 0 Å². The maximum Gasteiger partial charge on any atom is 0.261 e. The third-order valence-electron chi connectivity index (χ3n) is 5.56. The van der Waals surface area contributed by atoms with Crippen molar-refractivity contribution in [1.82, 2.24) is 28.7 Å². The van der Waals surface area contributed by atoms with Crippen molar-refractivity contribution >= 4 is 28.2 Å². The Balaban J connectivity index is 0.00000306. The molecule has 178 valence electrons. The molecule has 2 aromatic heterocycles. The van der Waals surface area contributed by atoms with Crippen molar-refractivity contribution in [2.45, 2.75) is 5.03 Å². The number of nitrogens with zero attached hydrogens (tertiary/aromatic N) is 7. The Labute approximate surface area is 199 Å². The largest absolute Gasteiger partial charge is 0.352 e. The van der Waals surface area contributed by atoms with Crippen LogP contribution in [0.2, 0.25) is 0 Å². The molecule has 1 aromatic carbocycles. The molecule has 0 N–H and O–H groups in total. The molecule has 33 heavy (non-hydrogen) atoms. The van der Waals surface area contributed by atoms with E-state index in [2.05, 4.69) is 24.8 Å². The van der Waals surface area contributed by atoms with Gasteiger partial charge in [0, 0.05) is 77.5 Å². The molecule has 4 rings (SSSR count). The summed E-state index contributed by atoms with van der Waals surface area (Å²) in [6, 6.07) is 6.25. The fourth-order valence-corrected chi connectivity index (χ4v) is 4.76. The number of sulfonamides is 1. The van der Waals surface area contributed by atoms with Crippen molar-refractivity contribution in [2.75, 3.05) is 51.2 Å². The van der Waals surface area contributed by atoms with Gasteiger partial charge in [-0.15, -0.1) is 12.4 Å². The van der Waals surface area contributed by atoms with Crippen LogP contribution in [0.3, 0.4) is 0 Å². The highest BCUT2D eigenvalue weighted by Gasteiger charge is 2.25. The van der Waals surface area contributed by atoms with Crippen LogP contribution in [0, 0.1) is 5.82 Å². The van der Waals surface area contributed by atoms with E-state index in [-0.39, 0.29) is 23.3 Å². The van der Waals surface area contributed by atoms with E-state index in [1.54, 1.807) is 43.2 Å². The lowest BCUT2D eigenvalue weighted by atomic mass is 10.1. The summed E-state index contributed by atoms with van der Waals surface area (Å²) in [5, 5.41) is 0.0586. The minimum atomic E-state index is -3.59. The first-order valence-electron chi connectivity index (χ1n) is 10.3. The van der Waals surface area contributed by atoms with Gasteiger partial charge in [0.2, 0.25) is 0 Å². The second kappa shape index (κ2) is 10.6. The summed E-state index contributed by atoms with van der Waals surface area (Å²) in [4.78, 5) is 17.4. The molecule has 0 aliphatic carbocycles. The summed E-state index contributed by atoms with van der Waals surface area (Å²) in [6.45, 7) is 4.04. The van der Waals surface area contributed by atoms with E-state index in [1.165, 1.54) is 29.0 Å². The third-order valence-corrected chi connectivity index (χ3v) is 7.30. The molecule has 0 radical (unpaired) electrons. The Morgan fingerprint density at radius 3 is 2.33 bits per heavy atom. The summed E-state index contributed by atoms with van der Waals surface area (Å²) in [5.74, 6) is 0.483. The summed E-state index contributed by atoms with van der Waals surface area (Å²) in [5.41, 5.74) is 1.54. The first kappa shape index (κ1) is 25.0. The highest BCUT2D eigenvalue weighted by atomic mass is 35.5. The maximum atomic E-state index is 13.3. The lowest BCUT2D eigenvalue weighted by Gasteiger charge is -2.36. The number of anilines is 1. The van der Waals surface area contributed by atoms with Gasteiger partial charge in [-0.05, 0) is 24.3 Å². The van der Waals surface area contributed by atoms with Crippen molar-refractivity contribution in [3.63, 3.8) is 0 Å². The number of rotatable bonds is 7. The van der Waals surface area contributed by atoms with E-state index < -0.39 is 10.0 Å². The molecule has 3 heterocycles. The topological polar surface area (TPSA) is 87.5 Å². The number of aryl methyl sites for hydroxylation is 1.